The molecule has 0 bridgehead atoms. The van der Waals surface area contributed by atoms with Crippen LogP contribution in [0.5, 0.6) is 5.75 Å². The first-order valence-corrected chi connectivity index (χ1v) is 10.7. The van der Waals surface area contributed by atoms with Crippen LogP contribution >= 0.6 is 24.0 Å². The fraction of sp³-hybridized carbons (Fsp3) is 0.458. The Morgan fingerprint density at radius 1 is 1.13 bits per heavy atom. The summed E-state index contributed by atoms with van der Waals surface area (Å²) in [5, 5.41) is 6.96. The summed E-state index contributed by atoms with van der Waals surface area (Å²) < 4.78 is 10.9. The molecule has 0 spiro atoms. The number of aliphatic imine (C=N–C) groups is 1. The molecular weight excluding hydrogens is 503 g/mol. The van der Waals surface area contributed by atoms with Crippen LogP contribution in [0.2, 0.25) is 0 Å². The van der Waals surface area contributed by atoms with Crippen molar-refractivity contribution < 1.29 is 9.47 Å². The summed E-state index contributed by atoms with van der Waals surface area (Å²) in [6, 6.07) is 17.2. The summed E-state index contributed by atoms with van der Waals surface area (Å²) in [6.07, 6.45) is 0.966. The van der Waals surface area contributed by atoms with Crippen LogP contribution in [0.25, 0.3) is 0 Å². The van der Waals surface area contributed by atoms with E-state index in [9.17, 15) is 0 Å². The van der Waals surface area contributed by atoms with Gasteiger partial charge in [0.1, 0.15) is 5.75 Å². The van der Waals surface area contributed by atoms with Crippen molar-refractivity contribution in [2.24, 2.45) is 4.99 Å². The largest absolute Gasteiger partial charge is 0.497 e. The van der Waals surface area contributed by atoms with Gasteiger partial charge in [0.05, 0.1) is 26.4 Å². The third-order valence-electron chi connectivity index (χ3n) is 5.46. The minimum atomic E-state index is 0. The number of aryl methyl sites for hydroxylation is 1. The average molecular weight is 538 g/mol. The SMILES string of the molecule is CN=C(NCCc1cccc(C)c1)NCC(c1ccc(OC)cc1)N1CCOCC1.I. The van der Waals surface area contributed by atoms with Crippen LogP contribution < -0.4 is 15.4 Å². The number of hydrogen-bond donors (Lipinski definition) is 2. The number of hydrogen-bond acceptors (Lipinski definition) is 4. The number of guanidine groups is 1. The molecular formula is C24H35IN4O2. The van der Waals surface area contributed by atoms with Gasteiger partial charge >= 0.3 is 0 Å². The molecule has 2 aromatic carbocycles. The summed E-state index contributed by atoms with van der Waals surface area (Å²) in [6.45, 7) is 7.15. The maximum atomic E-state index is 5.55. The molecule has 7 heteroatoms. The van der Waals surface area contributed by atoms with Gasteiger partial charge in [-0.3, -0.25) is 9.89 Å². The first-order chi connectivity index (χ1) is 14.7. The normalized spacial score (nSPS) is 15.6. The van der Waals surface area contributed by atoms with E-state index in [0.717, 1.165) is 57.5 Å². The zero-order chi connectivity index (χ0) is 21.2. The average Bonchev–Trinajstić information content (AvgIpc) is 2.79. The van der Waals surface area contributed by atoms with E-state index in [1.54, 1.807) is 7.11 Å². The molecule has 1 aliphatic heterocycles. The molecule has 0 aromatic heterocycles. The molecule has 1 saturated heterocycles. The van der Waals surface area contributed by atoms with Gasteiger partial charge in [-0.2, -0.15) is 0 Å². The maximum Gasteiger partial charge on any atom is 0.191 e. The topological polar surface area (TPSA) is 58.1 Å². The van der Waals surface area contributed by atoms with E-state index in [1.807, 2.05) is 19.2 Å². The van der Waals surface area contributed by atoms with Crippen molar-refractivity contribution in [1.29, 1.82) is 0 Å². The standard InChI is InChI=1S/C24H34N4O2.HI/c1-19-5-4-6-20(17-19)11-12-26-24(25-2)27-18-23(28-13-15-30-16-14-28)21-7-9-22(29-3)10-8-21;/h4-10,17,23H,11-16,18H2,1-3H3,(H2,25,26,27);1H. The summed E-state index contributed by atoms with van der Waals surface area (Å²) in [4.78, 5) is 6.88. The second-order valence-corrected chi connectivity index (χ2v) is 7.56. The van der Waals surface area contributed by atoms with Crippen molar-refractivity contribution in [3.63, 3.8) is 0 Å². The van der Waals surface area contributed by atoms with E-state index >= 15 is 0 Å². The fourth-order valence-electron chi connectivity index (χ4n) is 3.78. The lowest BCUT2D eigenvalue weighted by Crippen LogP contribution is -2.46. The van der Waals surface area contributed by atoms with Crippen molar-refractivity contribution >= 4 is 29.9 Å². The van der Waals surface area contributed by atoms with Gasteiger partial charge in [-0.25, -0.2) is 0 Å². The monoisotopic (exact) mass is 538 g/mol. The van der Waals surface area contributed by atoms with E-state index in [0.29, 0.717) is 0 Å². The van der Waals surface area contributed by atoms with E-state index in [2.05, 4.69) is 63.8 Å². The Hall–Kier alpha value is -1.84. The molecule has 1 fully saturated rings. The lowest BCUT2D eigenvalue weighted by atomic mass is 10.0. The minimum absolute atomic E-state index is 0. The number of nitrogens with one attached hydrogen (secondary N) is 2. The van der Waals surface area contributed by atoms with E-state index in [-0.39, 0.29) is 30.0 Å². The molecule has 31 heavy (non-hydrogen) atoms. The summed E-state index contributed by atoms with van der Waals surface area (Å²) in [5.41, 5.74) is 3.89. The van der Waals surface area contributed by atoms with Gasteiger partial charge in [-0.05, 0) is 36.6 Å². The smallest absolute Gasteiger partial charge is 0.191 e. The molecule has 0 aliphatic carbocycles. The highest BCUT2D eigenvalue weighted by Crippen LogP contribution is 2.23. The maximum absolute atomic E-state index is 5.55. The van der Waals surface area contributed by atoms with Crippen LogP contribution in [0.1, 0.15) is 22.7 Å². The van der Waals surface area contributed by atoms with Gasteiger partial charge in [0, 0.05) is 33.2 Å². The highest BCUT2D eigenvalue weighted by atomic mass is 127. The second kappa shape index (κ2) is 13.5. The molecule has 1 heterocycles. The lowest BCUT2D eigenvalue weighted by molar-refractivity contribution is 0.0170. The number of rotatable bonds is 8. The molecule has 0 radical (unpaired) electrons. The second-order valence-electron chi connectivity index (χ2n) is 7.56. The Balaban J connectivity index is 0.00000341. The number of methoxy groups -OCH3 is 1. The Bertz CT molecular complexity index is 807. The molecule has 1 atom stereocenters. The van der Waals surface area contributed by atoms with Crippen LogP contribution in [0.4, 0.5) is 0 Å². The van der Waals surface area contributed by atoms with Gasteiger partial charge < -0.3 is 20.1 Å². The first-order valence-electron chi connectivity index (χ1n) is 10.7. The van der Waals surface area contributed by atoms with Crippen LogP contribution in [0, 0.1) is 6.92 Å². The van der Waals surface area contributed by atoms with E-state index < -0.39 is 0 Å². The molecule has 0 amide bonds. The molecule has 2 aromatic rings. The zero-order valence-electron chi connectivity index (χ0n) is 18.8. The molecule has 0 saturated carbocycles. The van der Waals surface area contributed by atoms with Crippen LogP contribution in [0.15, 0.2) is 53.5 Å². The summed E-state index contributed by atoms with van der Waals surface area (Å²) in [5.74, 6) is 1.70. The van der Waals surface area contributed by atoms with Gasteiger partial charge in [0.25, 0.3) is 0 Å². The number of morpholine rings is 1. The van der Waals surface area contributed by atoms with Crippen molar-refractivity contribution in [3.8, 4) is 5.75 Å². The summed E-state index contributed by atoms with van der Waals surface area (Å²) in [7, 11) is 3.52. The van der Waals surface area contributed by atoms with Gasteiger partial charge in [-0.15, -0.1) is 24.0 Å². The Kier molecular flexibility index (Phi) is 11.1. The van der Waals surface area contributed by atoms with Gasteiger partial charge in [0.15, 0.2) is 5.96 Å². The zero-order valence-corrected chi connectivity index (χ0v) is 21.1. The van der Waals surface area contributed by atoms with Gasteiger partial charge in [0.2, 0.25) is 0 Å². The molecule has 1 unspecified atom stereocenters. The van der Waals surface area contributed by atoms with E-state index in [1.165, 1.54) is 16.7 Å². The molecule has 3 rings (SSSR count). The number of ether oxygens (including phenoxy) is 2. The fourth-order valence-corrected chi connectivity index (χ4v) is 3.78. The summed E-state index contributed by atoms with van der Waals surface area (Å²) >= 11 is 0. The Labute approximate surface area is 203 Å². The molecule has 1 aliphatic rings. The van der Waals surface area contributed by atoms with E-state index in [4.69, 9.17) is 9.47 Å². The van der Waals surface area contributed by atoms with Crippen molar-refractivity contribution in [2.45, 2.75) is 19.4 Å². The van der Waals surface area contributed by atoms with Crippen molar-refractivity contribution in [1.82, 2.24) is 15.5 Å². The third kappa shape index (κ3) is 7.97. The predicted molar refractivity (Wildman–Crippen MR) is 138 cm³/mol. The Morgan fingerprint density at radius 2 is 1.87 bits per heavy atom. The number of halogens is 1. The van der Waals surface area contributed by atoms with Crippen LogP contribution in [0.3, 0.4) is 0 Å². The third-order valence-corrected chi connectivity index (χ3v) is 5.46. The Morgan fingerprint density at radius 3 is 2.52 bits per heavy atom. The quantitative estimate of drug-likeness (QED) is 0.307. The highest BCUT2D eigenvalue weighted by molar-refractivity contribution is 14.0. The van der Waals surface area contributed by atoms with Crippen LogP contribution in [-0.4, -0.2) is 64.4 Å². The number of nitrogens with zero attached hydrogens (tertiary/aromatic N) is 2. The minimum Gasteiger partial charge on any atom is -0.497 e. The lowest BCUT2D eigenvalue weighted by Gasteiger charge is -2.35. The molecule has 2 N–H and O–H groups in total. The van der Waals surface area contributed by atoms with Crippen LogP contribution in [-0.2, 0) is 11.2 Å². The highest BCUT2D eigenvalue weighted by Gasteiger charge is 2.23. The number of benzene rings is 2. The van der Waals surface area contributed by atoms with Crippen molar-refractivity contribution in [3.05, 3.63) is 65.2 Å². The molecule has 6 nitrogen and oxygen atoms in total. The predicted octanol–water partition coefficient (Wildman–Crippen LogP) is 3.40. The van der Waals surface area contributed by atoms with Gasteiger partial charge in [-0.1, -0.05) is 42.0 Å². The van der Waals surface area contributed by atoms with Crippen molar-refractivity contribution in [2.75, 3.05) is 53.6 Å². The molecule has 170 valence electrons. The first kappa shape index (κ1) is 25.4.